The van der Waals surface area contributed by atoms with E-state index in [1.165, 1.54) is 10.9 Å². The number of hydrogen-bond acceptors (Lipinski definition) is 4. The molecule has 6 nitrogen and oxygen atoms in total. The molecule has 1 amide bonds. The molecule has 0 radical (unpaired) electrons. The van der Waals surface area contributed by atoms with E-state index in [0.29, 0.717) is 43.7 Å². The van der Waals surface area contributed by atoms with Crippen molar-refractivity contribution in [2.45, 2.75) is 69.5 Å². The molecule has 0 N–H and O–H groups in total. The second-order valence-corrected chi connectivity index (χ2v) is 10.9. The molecular formula is C25H27F6N5O. The van der Waals surface area contributed by atoms with E-state index in [4.69, 9.17) is 0 Å². The van der Waals surface area contributed by atoms with E-state index in [2.05, 4.69) is 15.0 Å². The summed E-state index contributed by atoms with van der Waals surface area (Å²) in [4.78, 5) is 21.9. The SMILES string of the molecule is O=C(N1CCc2ncc(C(F)(F)F)cc2C1)[C@@]12CCCC1C[C@H](N1CC(n3ccc(C(F)(F)F)n3)C1)C2. The summed E-state index contributed by atoms with van der Waals surface area (Å²) in [5, 5.41) is 3.69. The Labute approximate surface area is 209 Å². The van der Waals surface area contributed by atoms with E-state index in [9.17, 15) is 31.1 Å². The van der Waals surface area contributed by atoms with Crippen LogP contribution in [0.5, 0.6) is 0 Å². The monoisotopic (exact) mass is 527 g/mol. The Morgan fingerprint density at radius 1 is 1.08 bits per heavy atom. The number of halogens is 6. The van der Waals surface area contributed by atoms with Crippen LogP contribution in [0.2, 0.25) is 0 Å². The Balaban J connectivity index is 1.13. The quantitative estimate of drug-likeness (QED) is 0.543. The summed E-state index contributed by atoms with van der Waals surface area (Å²) in [6.07, 6.45) is -2.10. The minimum absolute atomic E-state index is 0.0273. The van der Waals surface area contributed by atoms with Gasteiger partial charge in [0.05, 0.1) is 17.0 Å². The Kier molecular flexibility index (Phi) is 5.63. The molecule has 3 atom stereocenters. The Morgan fingerprint density at radius 3 is 2.57 bits per heavy atom. The summed E-state index contributed by atoms with van der Waals surface area (Å²) in [5.41, 5.74) is -1.15. The van der Waals surface area contributed by atoms with Gasteiger partial charge < -0.3 is 4.90 Å². The first-order chi connectivity index (χ1) is 17.4. The molecule has 2 saturated carbocycles. The second-order valence-electron chi connectivity index (χ2n) is 10.9. The average molecular weight is 528 g/mol. The third kappa shape index (κ3) is 4.21. The number of amides is 1. The van der Waals surface area contributed by atoms with Crippen LogP contribution in [0, 0.1) is 11.3 Å². The van der Waals surface area contributed by atoms with Crippen molar-refractivity contribution in [3.05, 3.63) is 47.0 Å². The van der Waals surface area contributed by atoms with Crippen molar-refractivity contribution in [2.75, 3.05) is 19.6 Å². The van der Waals surface area contributed by atoms with Gasteiger partial charge in [-0.2, -0.15) is 31.4 Å². The van der Waals surface area contributed by atoms with Gasteiger partial charge in [0, 0.05) is 56.7 Å². The van der Waals surface area contributed by atoms with Gasteiger partial charge in [-0.15, -0.1) is 0 Å². The fourth-order valence-electron chi connectivity index (χ4n) is 6.95. The summed E-state index contributed by atoms with van der Waals surface area (Å²) >= 11 is 0. The highest BCUT2D eigenvalue weighted by Gasteiger charge is 2.58. The van der Waals surface area contributed by atoms with Gasteiger partial charge in [0.2, 0.25) is 5.91 Å². The Bertz CT molecular complexity index is 1200. The first-order valence-corrected chi connectivity index (χ1v) is 12.6. The van der Waals surface area contributed by atoms with Gasteiger partial charge in [0.1, 0.15) is 0 Å². The zero-order valence-corrected chi connectivity index (χ0v) is 20.0. The maximum atomic E-state index is 13.9. The number of carbonyl (C=O) groups excluding carboxylic acids is 1. The van der Waals surface area contributed by atoms with Crippen LogP contribution in [0.3, 0.4) is 0 Å². The number of fused-ring (bicyclic) bond motifs is 2. The van der Waals surface area contributed by atoms with Gasteiger partial charge in [-0.3, -0.25) is 19.4 Å². The number of carbonyl (C=O) groups is 1. The van der Waals surface area contributed by atoms with Gasteiger partial charge in [-0.1, -0.05) is 6.42 Å². The molecule has 1 unspecified atom stereocenters. The Hall–Kier alpha value is -2.63. The maximum Gasteiger partial charge on any atom is 0.435 e. The van der Waals surface area contributed by atoms with Crippen molar-refractivity contribution in [3.8, 4) is 0 Å². The van der Waals surface area contributed by atoms with Crippen LogP contribution in [0.4, 0.5) is 26.3 Å². The van der Waals surface area contributed by atoms with Crippen molar-refractivity contribution in [3.63, 3.8) is 0 Å². The normalized spacial score (nSPS) is 28.8. The molecule has 12 heteroatoms. The number of likely N-dealkylation sites (tertiary alicyclic amines) is 1. The fourth-order valence-corrected chi connectivity index (χ4v) is 6.95. The van der Waals surface area contributed by atoms with Crippen LogP contribution in [0.25, 0.3) is 0 Å². The van der Waals surface area contributed by atoms with E-state index >= 15 is 0 Å². The lowest BCUT2D eigenvalue weighted by atomic mass is 9.78. The predicted molar refractivity (Wildman–Crippen MR) is 119 cm³/mol. The van der Waals surface area contributed by atoms with Crippen molar-refractivity contribution < 1.29 is 31.1 Å². The lowest BCUT2D eigenvalue weighted by Crippen LogP contribution is -2.53. The molecule has 6 rings (SSSR count). The minimum Gasteiger partial charge on any atom is -0.337 e. The first-order valence-electron chi connectivity index (χ1n) is 12.6. The minimum atomic E-state index is -4.48. The molecule has 0 aromatic carbocycles. The van der Waals surface area contributed by atoms with Crippen molar-refractivity contribution >= 4 is 5.91 Å². The number of hydrogen-bond donors (Lipinski definition) is 0. The van der Waals surface area contributed by atoms with E-state index in [1.54, 1.807) is 4.90 Å². The molecule has 2 aliphatic heterocycles. The molecule has 0 bridgehead atoms. The summed E-state index contributed by atoms with van der Waals surface area (Å²) in [6, 6.07) is 2.14. The maximum absolute atomic E-state index is 13.9. The van der Waals surface area contributed by atoms with Crippen LogP contribution in [0.1, 0.15) is 60.7 Å². The highest BCUT2D eigenvalue weighted by molar-refractivity contribution is 5.84. The zero-order valence-electron chi connectivity index (χ0n) is 20.0. The number of nitrogens with zero attached hydrogens (tertiary/aromatic N) is 5. The fraction of sp³-hybridized carbons (Fsp3) is 0.640. The van der Waals surface area contributed by atoms with E-state index in [1.807, 2.05) is 0 Å². The van der Waals surface area contributed by atoms with Crippen molar-refractivity contribution in [1.82, 2.24) is 24.6 Å². The molecule has 3 fully saturated rings. The van der Waals surface area contributed by atoms with Crippen molar-refractivity contribution in [1.29, 1.82) is 0 Å². The first kappa shape index (κ1) is 24.7. The zero-order chi connectivity index (χ0) is 26.2. The molecule has 4 aliphatic rings. The molecule has 4 heterocycles. The lowest BCUT2D eigenvalue weighted by molar-refractivity contribution is -0.144. The van der Waals surface area contributed by atoms with Crippen LogP contribution in [-0.4, -0.2) is 56.1 Å². The molecule has 37 heavy (non-hydrogen) atoms. The third-order valence-corrected chi connectivity index (χ3v) is 8.87. The lowest BCUT2D eigenvalue weighted by Gasteiger charge is -2.44. The van der Waals surface area contributed by atoms with Crippen molar-refractivity contribution in [2.24, 2.45) is 11.3 Å². The molecular weight excluding hydrogens is 500 g/mol. The smallest absolute Gasteiger partial charge is 0.337 e. The molecule has 2 aliphatic carbocycles. The van der Waals surface area contributed by atoms with Gasteiger partial charge in [-0.25, -0.2) is 0 Å². The highest BCUT2D eigenvalue weighted by Crippen LogP contribution is 2.57. The molecule has 200 valence electrons. The summed E-state index contributed by atoms with van der Waals surface area (Å²) in [7, 11) is 0. The van der Waals surface area contributed by atoms with Gasteiger partial charge in [0.15, 0.2) is 5.69 Å². The number of alkyl halides is 6. The van der Waals surface area contributed by atoms with E-state index in [0.717, 1.165) is 44.0 Å². The van der Waals surface area contributed by atoms with Crippen LogP contribution < -0.4 is 0 Å². The highest BCUT2D eigenvalue weighted by atomic mass is 19.4. The molecule has 2 aromatic heterocycles. The summed E-state index contributed by atoms with van der Waals surface area (Å²) < 4.78 is 79.7. The van der Waals surface area contributed by atoms with Gasteiger partial charge in [0.25, 0.3) is 0 Å². The molecule has 1 saturated heterocycles. The summed E-state index contributed by atoms with van der Waals surface area (Å²) in [6.45, 7) is 1.75. The summed E-state index contributed by atoms with van der Waals surface area (Å²) in [5.74, 6) is 0.242. The topological polar surface area (TPSA) is 54.3 Å². The van der Waals surface area contributed by atoms with E-state index in [-0.39, 0.29) is 30.5 Å². The predicted octanol–water partition coefficient (Wildman–Crippen LogP) is 4.71. The number of pyridine rings is 1. The standard InChI is InChI=1S/C25H27F6N5O/c26-24(27,28)17-8-15-12-34(6-3-20(15)32-11-17)22(37)23-5-1-2-16(23)9-18(10-23)35-13-19(14-35)36-7-4-21(33-36)25(29,30)31/h4,7-8,11,16,18-19H,1-3,5-6,9-10,12-14H2/t16?,18-,23+/m0/s1. The number of rotatable bonds is 3. The van der Waals surface area contributed by atoms with Crippen LogP contribution in [-0.2, 0) is 30.1 Å². The second kappa shape index (κ2) is 8.44. The number of aromatic nitrogens is 3. The largest absolute Gasteiger partial charge is 0.435 e. The average Bonchev–Trinajstić information content (AvgIpc) is 3.51. The van der Waals surface area contributed by atoms with Gasteiger partial charge in [-0.05, 0) is 49.3 Å². The third-order valence-electron chi connectivity index (χ3n) is 8.87. The molecule has 0 spiro atoms. The van der Waals surface area contributed by atoms with E-state index < -0.39 is 29.0 Å². The van der Waals surface area contributed by atoms with Crippen LogP contribution in [0.15, 0.2) is 24.5 Å². The van der Waals surface area contributed by atoms with Crippen LogP contribution >= 0.6 is 0 Å². The Morgan fingerprint density at radius 2 is 1.86 bits per heavy atom. The molecule has 2 aromatic rings. The van der Waals surface area contributed by atoms with Gasteiger partial charge >= 0.3 is 12.4 Å².